The van der Waals surface area contributed by atoms with Gasteiger partial charge in [-0.1, -0.05) is 0 Å². The fourth-order valence-electron chi connectivity index (χ4n) is 1.76. The number of methoxy groups -OCH3 is 1. The lowest BCUT2D eigenvalue weighted by Gasteiger charge is -2.09. The Balaban J connectivity index is 2.13. The highest BCUT2D eigenvalue weighted by atomic mass is 16.6. The topological polar surface area (TPSA) is 131 Å². The molecule has 3 N–H and O–H groups in total. The maximum Gasteiger partial charge on any atom is 0.354 e. The van der Waals surface area contributed by atoms with Crippen molar-refractivity contribution in [3.8, 4) is 5.75 Å². The molecule has 2 rings (SSSR count). The lowest BCUT2D eigenvalue weighted by Crippen LogP contribution is -2.30. The number of nitrogens with one attached hydrogen (secondary N) is 3. The molecule has 0 fully saturated rings. The third-order valence-electron chi connectivity index (χ3n) is 2.89. The first-order valence-corrected chi connectivity index (χ1v) is 6.44. The number of hydrazine groups is 1. The van der Waals surface area contributed by atoms with Gasteiger partial charge in [-0.3, -0.25) is 25.8 Å². The predicted molar refractivity (Wildman–Crippen MR) is 82.3 cm³/mol. The first-order valence-electron chi connectivity index (χ1n) is 6.44. The van der Waals surface area contributed by atoms with Crippen molar-refractivity contribution in [3.63, 3.8) is 0 Å². The zero-order chi connectivity index (χ0) is 16.8. The molecular formula is C13H14N6O4. The molecule has 0 atom stereocenters. The molecule has 0 aliphatic rings. The highest BCUT2D eigenvalue weighted by Gasteiger charge is 2.22. The van der Waals surface area contributed by atoms with Gasteiger partial charge in [0.05, 0.1) is 12.0 Å². The van der Waals surface area contributed by atoms with Crippen LogP contribution in [0.4, 0.5) is 17.3 Å². The van der Waals surface area contributed by atoms with Crippen molar-refractivity contribution in [2.45, 2.75) is 0 Å². The van der Waals surface area contributed by atoms with Gasteiger partial charge in [0.15, 0.2) is 0 Å². The number of nitro groups is 1. The van der Waals surface area contributed by atoms with Crippen LogP contribution in [0.15, 0.2) is 30.6 Å². The number of aromatic nitrogens is 2. The van der Waals surface area contributed by atoms with Crippen molar-refractivity contribution in [3.05, 3.63) is 46.3 Å². The molecule has 23 heavy (non-hydrogen) atoms. The number of carbonyl (C=O) groups is 1. The fourth-order valence-corrected chi connectivity index (χ4v) is 1.76. The average Bonchev–Trinajstić information content (AvgIpc) is 2.59. The monoisotopic (exact) mass is 318 g/mol. The van der Waals surface area contributed by atoms with Gasteiger partial charge in [0.2, 0.25) is 11.6 Å². The molecule has 0 aliphatic heterocycles. The molecule has 1 aromatic carbocycles. The second-order valence-electron chi connectivity index (χ2n) is 4.23. The smallest absolute Gasteiger partial charge is 0.354 e. The standard InChI is InChI=1S/C13H14N6O4/c1-14-11-10(19(21)22)12(16-7-15-11)17-18-13(20)8-3-5-9(23-2)6-4-8/h3-7H,1-2H3,(H,18,20)(H2,14,15,16,17). The van der Waals surface area contributed by atoms with E-state index in [1.54, 1.807) is 24.3 Å². The number of rotatable bonds is 6. The molecule has 10 nitrogen and oxygen atoms in total. The molecule has 0 spiro atoms. The fraction of sp³-hybridized carbons (Fsp3) is 0.154. The number of amides is 1. The average molecular weight is 318 g/mol. The summed E-state index contributed by atoms with van der Waals surface area (Å²) in [6.45, 7) is 0. The normalized spacial score (nSPS) is 9.83. The molecule has 10 heteroatoms. The zero-order valence-electron chi connectivity index (χ0n) is 12.4. The molecule has 0 saturated carbocycles. The van der Waals surface area contributed by atoms with Crippen molar-refractivity contribution in [2.75, 3.05) is 24.9 Å². The summed E-state index contributed by atoms with van der Waals surface area (Å²) in [6, 6.07) is 6.37. The summed E-state index contributed by atoms with van der Waals surface area (Å²) in [7, 11) is 3.01. The Kier molecular flexibility index (Phi) is 4.87. The van der Waals surface area contributed by atoms with Crippen molar-refractivity contribution in [1.29, 1.82) is 0 Å². The molecular weight excluding hydrogens is 304 g/mol. The van der Waals surface area contributed by atoms with Gasteiger partial charge < -0.3 is 10.1 Å². The van der Waals surface area contributed by atoms with E-state index in [0.717, 1.165) is 6.33 Å². The number of carbonyl (C=O) groups excluding carboxylic acids is 1. The van der Waals surface area contributed by atoms with Crippen LogP contribution in [0.3, 0.4) is 0 Å². The van der Waals surface area contributed by atoms with E-state index < -0.39 is 10.8 Å². The molecule has 0 radical (unpaired) electrons. The van der Waals surface area contributed by atoms with Gasteiger partial charge in [0.1, 0.15) is 12.1 Å². The summed E-state index contributed by atoms with van der Waals surface area (Å²) in [6.07, 6.45) is 1.14. The van der Waals surface area contributed by atoms with Crippen molar-refractivity contribution in [1.82, 2.24) is 15.4 Å². The Hall–Kier alpha value is -3.43. The third-order valence-corrected chi connectivity index (χ3v) is 2.89. The number of hydrogen-bond donors (Lipinski definition) is 3. The minimum Gasteiger partial charge on any atom is -0.497 e. The molecule has 0 bridgehead atoms. The van der Waals surface area contributed by atoms with E-state index in [1.165, 1.54) is 14.2 Å². The van der Waals surface area contributed by atoms with E-state index in [4.69, 9.17) is 4.74 Å². The molecule has 1 heterocycles. The van der Waals surface area contributed by atoms with E-state index in [2.05, 4.69) is 26.1 Å². The van der Waals surface area contributed by atoms with Crippen LogP contribution in [0.5, 0.6) is 5.75 Å². The Morgan fingerprint density at radius 1 is 1.22 bits per heavy atom. The lowest BCUT2D eigenvalue weighted by molar-refractivity contribution is -0.383. The molecule has 120 valence electrons. The first kappa shape index (κ1) is 15.9. The van der Waals surface area contributed by atoms with E-state index in [1.807, 2.05) is 0 Å². The number of hydrogen-bond acceptors (Lipinski definition) is 8. The largest absolute Gasteiger partial charge is 0.497 e. The Morgan fingerprint density at radius 3 is 2.43 bits per heavy atom. The summed E-state index contributed by atoms with van der Waals surface area (Å²) >= 11 is 0. The minimum absolute atomic E-state index is 0.0335. The van der Waals surface area contributed by atoms with E-state index in [9.17, 15) is 14.9 Å². The van der Waals surface area contributed by atoms with Crippen LogP contribution in [-0.2, 0) is 0 Å². The molecule has 0 aliphatic carbocycles. The second kappa shape index (κ2) is 7.02. The van der Waals surface area contributed by atoms with Crippen LogP contribution in [0, 0.1) is 10.1 Å². The number of anilines is 2. The molecule has 2 aromatic rings. The van der Waals surface area contributed by atoms with Gasteiger partial charge in [-0.25, -0.2) is 9.97 Å². The minimum atomic E-state index is -0.645. The van der Waals surface area contributed by atoms with Crippen LogP contribution in [-0.4, -0.2) is 35.0 Å². The van der Waals surface area contributed by atoms with Gasteiger partial charge in [-0.2, -0.15) is 0 Å². The lowest BCUT2D eigenvalue weighted by atomic mass is 10.2. The molecule has 0 unspecified atom stereocenters. The summed E-state index contributed by atoms with van der Waals surface area (Å²) in [5, 5.41) is 13.7. The predicted octanol–water partition coefficient (Wildman–Crippen LogP) is 1.19. The van der Waals surface area contributed by atoms with Gasteiger partial charge in [-0.15, -0.1) is 0 Å². The number of ether oxygens (including phenoxy) is 1. The van der Waals surface area contributed by atoms with Crippen LogP contribution >= 0.6 is 0 Å². The van der Waals surface area contributed by atoms with E-state index in [0.29, 0.717) is 11.3 Å². The van der Waals surface area contributed by atoms with Gasteiger partial charge in [-0.05, 0) is 24.3 Å². The first-order chi connectivity index (χ1) is 11.1. The molecule has 0 saturated heterocycles. The number of nitrogens with zero attached hydrogens (tertiary/aromatic N) is 3. The second-order valence-corrected chi connectivity index (χ2v) is 4.23. The Labute approximate surface area is 131 Å². The highest BCUT2D eigenvalue weighted by molar-refractivity contribution is 5.95. The zero-order valence-corrected chi connectivity index (χ0v) is 12.4. The molecule has 1 amide bonds. The van der Waals surface area contributed by atoms with E-state index >= 15 is 0 Å². The Morgan fingerprint density at radius 2 is 1.87 bits per heavy atom. The third kappa shape index (κ3) is 3.61. The van der Waals surface area contributed by atoms with Crippen LogP contribution in [0.1, 0.15) is 10.4 Å². The van der Waals surface area contributed by atoms with Crippen molar-refractivity contribution in [2.24, 2.45) is 0 Å². The maximum absolute atomic E-state index is 12.0. The quantitative estimate of drug-likeness (QED) is 0.534. The van der Waals surface area contributed by atoms with Crippen LogP contribution in [0.2, 0.25) is 0 Å². The van der Waals surface area contributed by atoms with E-state index in [-0.39, 0.29) is 17.3 Å². The number of benzene rings is 1. The highest BCUT2D eigenvalue weighted by Crippen LogP contribution is 2.27. The van der Waals surface area contributed by atoms with Gasteiger partial charge in [0.25, 0.3) is 5.91 Å². The van der Waals surface area contributed by atoms with Crippen LogP contribution < -0.4 is 20.9 Å². The van der Waals surface area contributed by atoms with Gasteiger partial charge >= 0.3 is 5.69 Å². The SMILES string of the molecule is CNc1ncnc(NNC(=O)c2ccc(OC)cc2)c1[N+](=O)[O-]. The van der Waals surface area contributed by atoms with Crippen molar-refractivity contribution >= 4 is 23.2 Å². The van der Waals surface area contributed by atoms with Crippen molar-refractivity contribution < 1.29 is 14.5 Å². The summed E-state index contributed by atoms with van der Waals surface area (Å²) in [5.74, 6) is 0.0357. The Bertz CT molecular complexity index is 719. The summed E-state index contributed by atoms with van der Waals surface area (Å²) in [5.41, 5.74) is 4.76. The molecule has 1 aromatic heterocycles. The maximum atomic E-state index is 12.0. The summed E-state index contributed by atoms with van der Waals surface area (Å²) < 4.78 is 5.00. The summed E-state index contributed by atoms with van der Waals surface area (Å²) in [4.78, 5) is 30.0. The van der Waals surface area contributed by atoms with Crippen LogP contribution in [0.25, 0.3) is 0 Å². The van der Waals surface area contributed by atoms with Gasteiger partial charge in [0, 0.05) is 12.6 Å².